The molecule has 0 aliphatic carbocycles. The Morgan fingerprint density at radius 3 is 2.43 bits per heavy atom. The van der Waals surface area contributed by atoms with E-state index in [0.717, 1.165) is 34.2 Å². The zero-order chi connectivity index (χ0) is 24.5. The first-order valence-electron chi connectivity index (χ1n) is 11.8. The molecule has 0 spiro atoms. The lowest BCUT2D eigenvalue weighted by molar-refractivity contribution is 0.242. The van der Waals surface area contributed by atoms with Crippen LogP contribution in [0.25, 0.3) is 5.69 Å². The van der Waals surface area contributed by atoms with Crippen molar-refractivity contribution in [2.24, 2.45) is 0 Å². The summed E-state index contributed by atoms with van der Waals surface area (Å²) < 4.78 is 8.11. The van der Waals surface area contributed by atoms with Crippen molar-refractivity contribution in [2.45, 2.75) is 45.9 Å². The van der Waals surface area contributed by atoms with Gasteiger partial charge in [-0.2, -0.15) is 0 Å². The Kier molecular flexibility index (Phi) is 6.26. The van der Waals surface area contributed by atoms with E-state index < -0.39 is 0 Å². The van der Waals surface area contributed by atoms with Crippen LogP contribution in [-0.4, -0.2) is 25.8 Å². The Morgan fingerprint density at radius 1 is 0.971 bits per heavy atom. The van der Waals surface area contributed by atoms with Crippen molar-refractivity contribution >= 4 is 23.0 Å². The normalized spacial score (nSPS) is 17.6. The Hall–Kier alpha value is -3.71. The first-order valence-corrected chi connectivity index (χ1v) is 12.2. The van der Waals surface area contributed by atoms with Crippen molar-refractivity contribution in [3.63, 3.8) is 0 Å². The molecule has 1 aliphatic heterocycles. The van der Waals surface area contributed by atoms with Crippen LogP contribution in [-0.2, 0) is 0 Å². The fourth-order valence-corrected chi connectivity index (χ4v) is 5.22. The lowest BCUT2D eigenvalue weighted by atomic mass is 9.96. The number of rotatable bonds is 6. The molecule has 4 aromatic rings. The third-order valence-corrected chi connectivity index (χ3v) is 6.59. The van der Waals surface area contributed by atoms with Crippen LogP contribution in [0.2, 0.25) is 0 Å². The van der Waals surface area contributed by atoms with Gasteiger partial charge in [0.05, 0.1) is 35.8 Å². The van der Waals surface area contributed by atoms with Gasteiger partial charge in [0.15, 0.2) is 5.11 Å². The van der Waals surface area contributed by atoms with E-state index in [9.17, 15) is 0 Å². The third kappa shape index (κ3) is 4.39. The first kappa shape index (κ1) is 23.1. The summed E-state index contributed by atoms with van der Waals surface area (Å²) in [5.41, 5.74) is 6.48. The second-order valence-corrected chi connectivity index (χ2v) is 9.42. The molecule has 2 atom stereocenters. The van der Waals surface area contributed by atoms with Gasteiger partial charge in [-0.15, -0.1) is 0 Å². The minimum atomic E-state index is -0.0989. The van der Waals surface area contributed by atoms with Gasteiger partial charge in [0.2, 0.25) is 0 Å². The molecule has 0 bridgehead atoms. The maximum Gasteiger partial charge on any atom is 0.174 e. The van der Waals surface area contributed by atoms with E-state index in [2.05, 4.69) is 68.9 Å². The summed E-state index contributed by atoms with van der Waals surface area (Å²) in [5, 5.41) is 4.23. The van der Waals surface area contributed by atoms with Gasteiger partial charge in [-0.1, -0.05) is 6.07 Å². The number of aromatic nitrogens is 3. The van der Waals surface area contributed by atoms with Crippen LogP contribution in [0.15, 0.2) is 79.3 Å². The van der Waals surface area contributed by atoms with Gasteiger partial charge in [0.25, 0.3) is 0 Å². The molecule has 7 heteroatoms. The van der Waals surface area contributed by atoms with Gasteiger partial charge in [-0.05, 0) is 100 Å². The smallest absolute Gasteiger partial charge is 0.174 e. The van der Waals surface area contributed by atoms with Gasteiger partial charge in [-0.25, -0.2) is 0 Å². The molecule has 1 saturated heterocycles. The summed E-state index contributed by atoms with van der Waals surface area (Å²) in [6.07, 6.45) is 5.64. The fraction of sp³-hybridized carbons (Fsp3) is 0.250. The number of benzene rings is 1. The van der Waals surface area contributed by atoms with E-state index in [1.807, 2.05) is 56.6 Å². The summed E-state index contributed by atoms with van der Waals surface area (Å²) in [6.45, 7) is 8.34. The highest BCUT2D eigenvalue weighted by molar-refractivity contribution is 7.80. The predicted molar refractivity (Wildman–Crippen MR) is 143 cm³/mol. The molecule has 0 amide bonds. The maximum atomic E-state index is 5.89. The molecular weight excluding hydrogens is 454 g/mol. The molecule has 1 fully saturated rings. The Bertz CT molecular complexity index is 1320. The second kappa shape index (κ2) is 9.50. The molecule has 4 heterocycles. The van der Waals surface area contributed by atoms with Crippen molar-refractivity contribution in [1.82, 2.24) is 19.9 Å². The zero-order valence-corrected chi connectivity index (χ0v) is 21.2. The van der Waals surface area contributed by atoms with Gasteiger partial charge < -0.3 is 19.5 Å². The molecule has 0 saturated carbocycles. The highest BCUT2D eigenvalue weighted by atomic mass is 32.1. The Labute approximate surface area is 211 Å². The second-order valence-electron chi connectivity index (χ2n) is 9.03. The first-order chi connectivity index (χ1) is 16.9. The van der Waals surface area contributed by atoms with E-state index >= 15 is 0 Å². The molecule has 35 heavy (non-hydrogen) atoms. The molecular formula is C28H29N5OS. The zero-order valence-electron chi connectivity index (χ0n) is 20.3. The van der Waals surface area contributed by atoms with Gasteiger partial charge in [-0.3, -0.25) is 9.97 Å². The standard InChI is InChI=1S/C28H29N5OS/c1-18(2)34-23-12-10-21(11-13-23)33-27(26(31-28(33)35)25-9-5-6-15-30-25)24-16-19(3)32(20(24)4)22-8-7-14-29-17-22/h5-18,26-27H,1-4H3,(H,31,35). The van der Waals surface area contributed by atoms with E-state index in [-0.39, 0.29) is 18.2 Å². The maximum absolute atomic E-state index is 5.89. The highest BCUT2D eigenvalue weighted by Gasteiger charge is 2.42. The van der Waals surface area contributed by atoms with Crippen LogP contribution in [0.3, 0.4) is 0 Å². The monoisotopic (exact) mass is 483 g/mol. The minimum Gasteiger partial charge on any atom is -0.491 e. The van der Waals surface area contributed by atoms with Crippen LogP contribution in [0.1, 0.15) is 48.6 Å². The van der Waals surface area contributed by atoms with Gasteiger partial charge >= 0.3 is 0 Å². The number of ether oxygens (including phenoxy) is 1. The summed E-state index contributed by atoms with van der Waals surface area (Å²) in [7, 11) is 0. The number of thiocarbonyl (C=S) groups is 1. The minimum absolute atomic E-state index is 0.0779. The van der Waals surface area contributed by atoms with Crippen molar-refractivity contribution in [3.05, 3.63) is 102 Å². The number of aryl methyl sites for hydroxylation is 1. The molecule has 3 aromatic heterocycles. The van der Waals surface area contributed by atoms with E-state index in [1.54, 1.807) is 6.20 Å². The Morgan fingerprint density at radius 2 is 1.77 bits per heavy atom. The number of nitrogens with zero attached hydrogens (tertiary/aromatic N) is 4. The molecule has 1 aliphatic rings. The van der Waals surface area contributed by atoms with E-state index in [1.165, 1.54) is 5.56 Å². The average molecular weight is 484 g/mol. The van der Waals surface area contributed by atoms with Crippen molar-refractivity contribution in [1.29, 1.82) is 0 Å². The molecule has 2 unspecified atom stereocenters. The third-order valence-electron chi connectivity index (χ3n) is 6.28. The van der Waals surface area contributed by atoms with Crippen LogP contribution >= 0.6 is 12.2 Å². The number of anilines is 1. The van der Waals surface area contributed by atoms with Crippen LogP contribution in [0.5, 0.6) is 5.75 Å². The molecule has 5 rings (SSSR count). The SMILES string of the molecule is Cc1cc(C2C(c3ccccn3)NC(=S)N2c2ccc(OC(C)C)cc2)c(C)n1-c1cccnc1. The van der Waals surface area contributed by atoms with E-state index in [0.29, 0.717) is 5.11 Å². The van der Waals surface area contributed by atoms with Crippen LogP contribution in [0, 0.1) is 13.8 Å². The van der Waals surface area contributed by atoms with Crippen molar-refractivity contribution in [3.8, 4) is 11.4 Å². The number of pyridine rings is 2. The largest absolute Gasteiger partial charge is 0.491 e. The van der Waals surface area contributed by atoms with Crippen molar-refractivity contribution < 1.29 is 4.74 Å². The molecule has 178 valence electrons. The van der Waals surface area contributed by atoms with Crippen molar-refractivity contribution in [2.75, 3.05) is 4.90 Å². The van der Waals surface area contributed by atoms with Crippen LogP contribution < -0.4 is 15.0 Å². The number of hydrogen-bond donors (Lipinski definition) is 1. The summed E-state index contributed by atoms with van der Waals surface area (Å²) >= 11 is 5.89. The lowest BCUT2D eigenvalue weighted by Gasteiger charge is -2.28. The molecule has 6 nitrogen and oxygen atoms in total. The summed E-state index contributed by atoms with van der Waals surface area (Å²) in [5.74, 6) is 0.842. The summed E-state index contributed by atoms with van der Waals surface area (Å²) in [6, 6.07) is 20.3. The topological polar surface area (TPSA) is 55.2 Å². The lowest BCUT2D eigenvalue weighted by Crippen LogP contribution is -2.29. The average Bonchev–Trinajstić information content (AvgIpc) is 3.35. The fourth-order valence-electron chi connectivity index (χ4n) is 4.88. The quantitative estimate of drug-likeness (QED) is 0.347. The predicted octanol–water partition coefficient (Wildman–Crippen LogP) is 5.85. The van der Waals surface area contributed by atoms with Gasteiger partial charge in [0.1, 0.15) is 5.75 Å². The van der Waals surface area contributed by atoms with Crippen LogP contribution in [0.4, 0.5) is 5.69 Å². The number of hydrogen-bond acceptors (Lipinski definition) is 4. The number of nitrogens with one attached hydrogen (secondary N) is 1. The summed E-state index contributed by atoms with van der Waals surface area (Å²) in [4.78, 5) is 11.2. The highest BCUT2D eigenvalue weighted by Crippen LogP contribution is 2.44. The Balaban J connectivity index is 1.62. The van der Waals surface area contributed by atoms with E-state index in [4.69, 9.17) is 17.0 Å². The molecule has 1 N–H and O–H groups in total. The van der Waals surface area contributed by atoms with Gasteiger partial charge in [0, 0.05) is 29.5 Å². The molecule has 0 radical (unpaired) electrons. The molecule has 1 aromatic carbocycles.